The van der Waals surface area contributed by atoms with Crippen LogP contribution in [0.25, 0.3) is 16.6 Å². The van der Waals surface area contributed by atoms with Gasteiger partial charge >= 0.3 is 0 Å². The number of aromatic hydroxyl groups is 1. The smallest absolute Gasteiger partial charge is 0.123 e. The zero-order chi connectivity index (χ0) is 11.0. The van der Waals surface area contributed by atoms with Gasteiger partial charge in [0.1, 0.15) is 5.75 Å². The fourth-order valence-electron chi connectivity index (χ4n) is 1.71. The van der Waals surface area contributed by atoms with E-state index in [1.807, 2.05) is 30.5 Å². The minimum Gasteiger partial charge on any atom is -0.507 e. The number of pyridine rings is 1. The van der Waals surface area contributed by atoms with Gasteiger partial charge in [-0.15, -0.1) is 29.9 Å². The number of phenolic OH excluding ortho intramolecular Hbond substituents is 1. The second-order valence-electron chi connectivity index (χ2n) is 3.54. The van der Waals surface area contributed by atoms with Gasteiger partial charge < -0.3 is 5.11 Å². The average molecular weight is 284 g/mol. The molecule has 0 unspecified atom stereocenters. The second kappa shape index (κ2) is 5.71. The van der Waals surface area contributed by atoms with Crippen molar-refractivity contribution in [1.29, 1.82) is 0 Å². The SMILES string of the molecule is Cl.Cl.Oc1ccccc1-c1ccn2nncc2c1. The number of para-hydroxylation sites is 1. The lowest BCUT2D eigenvalue weighted by atomic mass is 10.1. The highest BCUT2D eigenvalue weighted by Gasteiger charge is 2.04. The minimum atomic E-state index is 0. The molecule has 0 bridgehead atoms. The molecule has 0 fully saturated rings. The summed E-state index contributed by atoms with van der Waals surface area (Å²) in [7, 11) is 0. The lowest BCUT2D eigenvalue weighted by molar-refractivity contribution is 0.477. The van der Waals surface area contributed by atoms with Crippen LogP contribution in [0.3, 0.4) is 0 Å². The van der Waals surface area contributed by atoms with Crippen LogP contribution in [0.5, 0.6) is 5.75 Å². The van der Waals surface area contributed by atoms with Crippen molar-refractivity contribution in [2.45, 2.75) is 0 Å². The third-order valence-electron chi connectivity index (χ3n) is 2.52. The summed E-state index contributed by atoms with van der Waals surface area (Å²) < 4.78 is 1.68. The van der Waals surface area contributed by atoms with E-state index in [9.17, 15) is 5.11 Å². The molecular formula is C12H11Cl2N3O. The normalized spacial score (nSPS) is 9.56. The monoisotopic (exact) mass is 283 g/mol. The van der Waals surface area contributed by atoms with Crippen molar-refractivity contribution in [1.82, 2.24) is 14.8 Å². The molecule has 1 N–H and O–H groups in total. The predicted molar refractivity (Wildman–Crippen MR) is 74.6 cm³/mol. The van der Waals surface area contributed by atoms with E-state index >= 15 is 0 Å². The Morgan fingerprint density at radius 2 is 1.83 bits per heavy atom. The van der Waals surface area contributed by atoms with Crippen molar-refractivity contribution >= 4 is 30.3 Å². The van der Waals surface area contributed by atoms with Crippen molar-refractivity contribution in [3.63, 3.8) is 0 Å². The number of aromatic nitrogens is 3. The Bertz CT molecular complexity index is 654. The molecule has 4 nitrogen and oxygen atoms in total. The number of fused-ring (bicyclic) bond motifs is 1. The summed E-state index contributed by atoms with van der Waals surface area (Å²) in [6, 6.07) is 11.1. The Balaban J connectivity index is 0.000000810. The van der Waals surface area contributed by atoms with Gasteiger partial charge in [0.15, 0.2) is 0 Å². The largest absolute Gasteiger partial charge is 0.507 e. The molecule has 0 aliphatic rings. The van der Waals surface area contributed by atoms with Gasteiger partial charge in [0, 0.05) is 11.8 Å². The molecule has 0 saturated heterocycles. The summed E-state index contributed by atoms with van der Waals surface area (Å²) >= 11 is 0. The quantitative estimate of drug-likeness (QED) is 0.747. The van der Waals surface area contributed by atoms with Crippen LogP contribution < -0.4 is 0 Å². The lowest BCUT2D eigenvalue weighted by Gasteiger charge is -2.04. The van der Waals surface area contributed by atoms with Crippen molar-refractivity contribution in [2.24, 2.45) is 0 Å². The van der Waals surface area contributed by atoms with Crippen LogP contribution in [0, 0.1) is 0 Å². The molecule has 0 saturated carbocycles. The molecule has 2 heterocycles. The van der Waals surface area contributed by atoms with E-state index in [4.69, 9.17) is 0 Å². The predicted octanol–water partition coefficient (Wildman–Crippen LogP) is 2.95. The van der Waals surface area contributed by atoms with Gasteiger partial charge in [0.2, 0.25) is 0 Å². The van der Waals surface area contributed by atoms with Gasteiger partial charge in [-0.05, 0) is 23.8 Å². The maximum atomic E-state index is 9.75. The van der Waals surface area contributed by atoms with Crippen molar-refractivity contribution in [2.75, 3.05) is 0 Å². The standard InChI is InChI=1S/C12H9N3O.2ClH/c16-12-4-2-1-3-11(12)9-5-6-15-10(7-9)8-13-14-15;;/h1-8,16H;2*1H. The van der Waals surface area contributed by atoms with Gasteiger partial charge in [0.25, 0.3) is 0 Å². The van der Waals surface area contributed by atoms with Gasteiger partial charge in [-0.25, -0.2) is 4.52 Å². The van der Waals surface area contributed by atoms with Gasteiger partial charge in [-0.1, -0.05) is 23.4 Å². The van der Waals surface area contributed by atoms with Gasteiger partial charge in [-0.2, -0.15) is 0 Å². The molecule has 0 aliphatic carbocycles. The molecule has 0 spiro atoms. The average Bonchev–Trinajstić information content (AvgIpc) is 2.76. The minimum absolute atomic E-state index is 0. The first-order chi connectivity index (χ1) is 7.84. The van der Waals surface area contributed by atoms with Crippen LogP contribution in [-0.4, -0.2) is 19.9 Å². The Morgan fingerprint density at radius 1 is 1.06 bits per heavy atom. The van der Waals surface area contributed by atoms with Crippen LogP contribution in [0.1, 0.15) is 0 Å². The van der Waals surface area contributed by atoms with Crippen LogP contribution in [0.15, 0.2) is 48.8 Å². The van der Waals surface area contributed by atoms with E-state index in [0.29, 0.717) is 0 Å². The third-order valence-corrected chi connectivity index (χ3v) is 2.52. The molecule has 1 aromatic carbocycles. The van der Waals surface area contributed by atoms with E-state index in [0.717, 1.165) is 16.6 Å². The first-order valence-corrected chi connectivity index (χ1v) is 4.93. The Kier molecular flexibility index (Phi) is 4.53. The molecule has 18 heavy (non-hydrogen) atoms. The topological polar surface area (TPSA) is 50.4 Å². The number of nitrogens with zero attached hydrogens (tertiary/aromatic N) is 3. The Labute approximate surface area is 116 Å². The van der Waals surface area contributed by atoms with Crippen LogP contribution in [0.2, 0.25) is 0 Å². The zero-order valence-electron chi connectivity index (χ0n) is 9.22. The summed E-state index contributed by atoms with van der Waals surface area (Å²) in [6.45, 7) is 0. The number of rotatable bonds is 1. The fraction of sp³-hybridized carbons (Fsp3) is 0. The van der Waals surface area contributed by atoms with Crippen molar-refractivity contribution < 1.29 is 5.11 Å². The zero-order valence-corrected chi connectivity index (χ0v) is 10.9. The van der Waals surface area contributed by atoms with E-state index in [1.54, 1.807) is 22.8 Å². The number of benzene rings is 1. The van der Waals surface area contributed by atoms with E-state index in [-0.39, 0.29) is 30.6 Å². The molecule has 3 rings (SSSR count). The van der Waals surface area contributed by atoms with Gasteiger partial charge in [-0.3, -0.25) is 0 Å². The molecule has 94 valence electrons. The molecule has 3 aromatic rings. The number of hydrogen-bond acceptors (Lipinski definition) is 3. The summed E-state index contributed by atoms with van der Waals surface area (Å²) in [6.07, 6.45) is 3.51. The third kappa shape index (κ3) is 2.39. The molecule has 0 amide bonds. The maximum absolute atomic E-state index is 9.75. The number of hydrogen-bond donors (Lipinski definition) is 1. The van der Waals surface area contributed by atoms with Crippen LogP contribution in [0.4, 0.5) is 0 Å². The highest BCUT2D eigenvalue weighted by molar-refractivity contribution is 5.85. The number of halogens is 2. The van der Waals surface area contributed by atoms with E-state index in [2.05, 4.69) is 10.3 Å². The highest BCUT2D eigenvalue weighted by Crippen LogP contribution is 2.28. The summed E-state index contributed by atoms with van der Waals surface area (Å²) in [4.78, 5) is 0. The molecule has 0 aliphatic heterocycles. The first-order valence-electron chi connectivity index (χ1n) is 4.93. The first kappa shape index (κ1) is 14.3. The summed E-state index contributed by atoms with van der Waals surface area (Å²) in [5, 5.41) is 17.4. The van der Waals surface area contributed by atoms with Crippen LogP contribution in [-0.2, 0) is 0 Å². The summed E-state index contributed by atoms with van der Waals surface area (Å²) in [5.74, 6) is 0.277. The van der Waals surface area contributed by atoms with Gasteiger partial charge in [0.05, 0.1) is 11.7 Å². The maximum Gasteiger partial charge on any atom is 0.123 e. The van der Waals surface area contributed by atoms with E-state index < -0.39 is 0 Å². The number of phenols is 1. The molecule has 2 aromatic heterocycles. The molecule has 0 atom stereocenters. The Morgan fingerprint density at radius 3 is 2.61 bits per heavy atom. The lowest BCUT2D eigenvalue weighted by Crippen LogP contribution is -1.87. The van der Waals surface area contributed by atoms with E-state index in [1.165, 1.54) is 0 Å². The fourth-order valence-corrected chi connectivity index (χ4v) is 1.71. The molecule has 6 heteroatoms. The van der Waals surface area contributed by atoms with Crippen molar-refractivity contribution in [3.05, 3.63) is 48.8 Å². The van der Waals surface area contributed by atoms with Crippen molar-refractivity contribution in [3.8, 4) is 16.9 Å². The van der Waals surface area contributed by atoms with Crippen LogP contribution >= 0.6 is 24.8 Å². The highest BCUT2D eigenvalue weighted by atomic mass is 35.5. The second-order valence-corrected chi connectivity index (χ2v) is 3.54. The Hall–Kier alpha value is -1.78. The molecular weight excluding hydrogens is 273 g/mol. The molecule has 0 radical (unpaired) electrons. The summed E-state index contributed by atoms with van der Waals surface area (Å²) in [5.41, 5.74) is 2.67.